The third-order valence-electron chi connectivity index (χ3n) is 3.48. The van der Waals surface area contributed by atoms with Crippen molar-refractivity contribution in [1.82, 2.24) is 5.32 Å². The standard InChI is InChI=1S/C12H11Cl4NO3S/c1-12(3-2-4-12)17-11(18)8-9(14)6(13)5-7(10(8)15)21(16,19)20/h5H,2-4H2,1H3,(H,17,18). The lowest BCUT2D eigenvalue weighted by Gasteiger charge is -2.39. The van der Waals surface area contributed by atoms with E-state index in [1.807, 2.05) is 6.92 Å². The molecule has 1 N–H and O–H groups in total. The molecule has 0 aromatic heterocycles. The number of benzene rings is 1. The SMILES string of the molecule is CC1(NC(=O)c2c(Cl)c(Cl)cc(S(=O)(=O)Cl)c2Cl)CCC1. The maximum atomic E-state index is 12.3. The van der Waals surface area contributed by atoms with Gasteiger partial charge in [-0.25, -0.2) is 8.42 Å². The summed E-state index contributed by atoms with van der Waals surface area (Å²) in [6.07, 6.45) is 2.67. The van der Waals surface area contributed by atoms with Gasteiger partial charge in [-0.05, 0) is 32.3 Å². The molecule has 0 atom stereocenters. The minimum Gasteiger partial charge on any atom is -0.347 e. The topological polar surface area (TPSA) is 63.2 Å². The molecule has 2 rings (SSSR count). The molecular formula is C12H11Cl4NO3S. The van der Waals surface area contributed by atoms with Crippen molar-refractivity contribution in [2.24, 2.45) is 0 Å². The van der Waals surface area contributed by atoms with E-state index in [-0.39, 0.29) is 26.2 Å². The molecule has 1 fully saturated rings. The van der Waals surface area contributed by atoms with Crippen LogP contribution in [0.4, 0.5) is 0 Å². The Balaban J connectivity index is 2.52. The van der Waals surface area contributed by atoms with Gasteiger partial charge in [0.1, 0.15) is 4.90 Å². The molecule has 21 heavy (non-hydrogen) atoms. The Kier molecular flexibility index (Phi) is 4.72. The van der Waals surface area contributed by atoms with Crippen LogP contribution in [-0.4, -0.2) is 19.9 Å². The number of carbonyl (C=O) groups is 1. The number of hydrogen-bond acceptors (Lipinski definition) is 3. The van der Waals surface area contributed by atoms with Gasteiger partial charge in [-0.3, -0.25) is 4.79 Å². The fourth-order valence-electron chi connectivity index (χ4n) is 2.13. The number of hydrogen-bond donors (Lipinski definition) is 1. The zero-order chi connectivity index (χ0) is 16.0. The highest BCUT2D eigenvalue weighted by molar-refractivity contribution is 8.13. The Morgan fingerprint density at radius 1 is 1.24 bits per heavy atom. The molecule has 0 aliphatic heterocycles. The lowest BCUT2D eigenvalue weighted by molar-refractivity contribution is 0.0850. The van der Waals surface area contributed by atoms with Crippen LogP contribution in [0.25, 0.3) is 0 Å². The first-order chi connectivity index (χ1) is 9.55. The summed E-state index contributed by atoms with van der Waals surface area (Å²) in [6.45, 7) is 1.89. The lowest BCUT2D eigenvalue weighted by Crippen LogP contribution is -2.51. The summed E-state index contributed by atoms with van der Waals surface area (Å²) in [5, 5.41) is 2.25. The van der Waals surface area contributed by atoms with Crippen molar-refractivity contribution in [2.45, 2.75) is 36.6 Å². The van der Waals surface area contributed by atoms with Gasteiger partial charge < -0.3 is 5.32 Å². The smallest absolute Gasteiger partial charge is 0.262 e. The van der Waals surface area contributed by atoms with E-state index in [4.69, 9.17) is 45.5 Å². The van der Waals surface area contributed by atoms with Gasteiger partial charge in [0.05, 0.1) is 20.6 Å². The van der Waals surface area contributed by atoms with E-state index < -0.39 is 19.9 Å². The van der Waals surface area contributed by atoms with Gasteiger partial charge in [0, 0.05) is 16.2 Å². The first-order valence-electron chi connectivity index (χ1n) is 6.00. The summed E-state index contributed by atoms with van der Waals surface area (Å²) in [5.74, 6) is -0.573. The molecule has 0 unspecified atom stereocenters. The fourth-order valence-corrected chi connectivity index (χ4v) is 4.28. The van der Waals surface area contributed by atoms with Crippen molar-refractivity contribution in [3.05, 3.63) is 26.7 Å². The minimum atomic E-state index is -4.15. The van der Waals surface area contributed by atoms with E-state index in [1.54, 1.807) is 0 Å². The highest BCUT2D eigenvalue weighted by Crippen LogP contribution is 2.39. The van der Waals surface area contributed by atoms with Crippen molar-refractivity contribution >= 4 is 60.4 Å². The summed E-state index contributed by atoms with van der Waals surface area (Å²) in [7, 11) is 1.14. The van der Waals surface area contributed by atoms with Crippen molar-refractivity contribution in [3.63, 3.8) is 0 Å². The maximum Gasteiger partial charge on any atom is 0.262 e. The maximum absolute atomic E-state index is 12.3. The van der Waals surface area contributed by atoms with E-state index in [2.05, 4.69) is 5.32 Å². The van der Waals surface area contributed by atoms with Gasteiger partial charge in [0.15, 0.2) is 0 Å². The van der Waals surface area contributed by atoms with Gasteiger partial charge in [0.2, 0.25) is 0 Å². The van der Waals surface area contributed by atoms with Crippen LogP contribution in [0.1, 0.15) is 36.5 Å². The highest BCUT2D eigenvalue weighted by Gasteiger charge is 2.35. The summed E-state index contributed by atoms with van der Waals surface area (Å²) >= 11 is 17.8. The molecule has 116 valence electrons. The Morgan fingerprint density at radius 2 is 1.81 bits per heavy atom. The average Bonchev–Trinajstić information content (AvgIpc) is 2.30. The molecular weight excluding hydrogens is 380 g/mol. The molecule has 0 heterocycles. The Labute approximate surface area is 142 Å². The average molecular weight is 391 g/mol. The van der Waals surface area contributed by atoms with Gasteiger partial charge in [-0.15, -0.1) is 0 Å². The van der Waals surface area contributed by atoms with E-state index in [9.17, 15) is 13.2 Å². The number of amides is 1. The van der Waals surface area contributed by atoms with Crippen LogP contribution in [0.3, 0.4) is 0 Å². The van der Waals surface area contributed by atoms with Crippen LogP contribution in [0.2, 0.25) is 15.1 Å². The molecule has 0 radical (unpaired) electrons. The number of halogens is 4. The molecule has 1 aromatic carbocycles. The second-order valence-corrected chi connectivity index (χ2v) is 8.86. The molecule has 0 spiro atoms. The third-order valence-corrected chi connectivity index (χ3v) is 6.12. The van der Waals surface area contributed by atoms with Gasteiger partial charge >= 0.3 is 0 Å². The monoisotopic (exact) mass is 389 g/mol. The van der Waals surface area contributed by atoms with Crippen molar-refractivity contribution in [3.8, 4) is 0 Å². The predicted octanol–water partition coefficient (Wildman–Crippen LogP) is 4.25. The molecule has 1 aliphatic rings. The van der Waals surface area contributed by atoms with E-state index in [0.717, 1.165) is 25.3 Å². The zero-order valence-corrected chi connectivity index (χ0v) is 14.7. The Bertz CT molecular complexity index is 714. The third kappa shape index (κ3) is 3.42. The van der Waals surface area contributed by atoms with Crippen molar-refractivity contribution in [2.75, 3.05) is 0 Å². The molecule has 0 saturated heterocycles. The molecule has 4 nitrogen and oxygen atoms in total. The van der Waals surface area contributed by atoms with Crippen LogP contribution in [0.5, 0.6) is 0 Å². The van der Waals surface area contributed by atoms with Crippen LogP contribution in [0.15, 0.2) is 11.0 Å². The highest BCUT2D eigenvalue weighted by atomic mass is 35.7. The first-order valence-corrected chi connectivity index (χ1v) is 9.44. The summed E-state index contributed by atoms with van der Waals surface area (Å²) < 4.78 is 23.0. The number of rotatable bonds is 3. The molecule has 1 saturated carbocycles. The summed E-state index contributed by atoms with van der Waals surface area (Å²) in [5.41, 5.74) is -0.523. The second kappa shape index (κ2) is 5.78. The van der Waals surface area contributed by atoms with Gasteiger partial charge in [-0.1, -0.05) is 34.8 Å². The molecule has 1 aromatic rings. The van der Waals surface area contributed by atoms with Crippen LogP contribution in [-0.2, 0) is 9.05 Å². The van der Waals surface area contributed by atoms with Crippen LogP contribution >= 0.6 is 45.5 Å². The van der Waals surface area contributed by atoms with Crippen molar-refractivity contribution in [1.29, 1.82) is 0 Å². The summed E-state index contributed by atoms with van der Waals surface area (Å²) in [4.78, 5) is 11.9. The predicted molar refractivity (Wildman–Crippen MR) is 84.2 cm³/mol. The van der Waals surface area contributed by atoms with Crippen LogP contribution in [0, 0.1) is 0 Å². The minimum absolute atomic E-state index is 0.105. The van der Waals surface area contributed by atoms with Crippen LogP contribution < -0.4 is 5.32 Å². The molecule has 1 amide bonds. The van der Waals surface area contributed by atoms with Crippen molar-refractivity contribution < 1.29 is 13.2 Å². The quantitative estimate of drug-likeness (QED) is 0.619. The normalized spacial score (nSPS) is 17.2. The largest absolute Gasteiger partial charge is 0.347 e. The van der Waals surface area contributed by atoms with E-state index in [0.29, 0.717) is 0 Å². The second-order valence-electron chi connectivity index (χ2n) is 5.17. The van der Waals surface area contributed by atoms with Gasteiger partial charge in [0.25, 0.3) is 15.0 Å². The van der Waals surface area contributed by atoms with Gasteiger partial charge in [-0.2, -0.15) is 0 Å². The Hall–Kier alpha value is -0.200. The zero-order valence-electron chi connectivity index (χ0n) is 10.8. The number of carbonyl (C=O) groups excluding carboxylic acids is 1. The molecule has 0 bridgehead atoms. The number of nitrogens with one attached hydrogen (secondary N) is 1. The van der Waals surface area contributed by atoms with E-state index in [1.165, 1.54) is 0 Å². The summed E-state index contributed by atoms with van der Waals surface area (Å²) in [6, 6.07) is 1.02. The van der Waals surface area contributed by atoms with E-state index >= 15 is 0 Å². The Morgan fingerprint density at radius 3 is 2.24 bits per heavy atom. The fraction of sp³-hybridized carbons (Fsp3) is 0.417. The lowest BCUT2D eigenvalue weighted by atomic mass is 9.78. The molecule has 1 aliphatic carbocycles. The first kappa shape index (κ1) is 17.2. The molecule has 9 heteroatoms.